The summed E-state index contributed by atoms with van der Waals surface area (Å²) in [5, 5.41) is 2.34. The SMILES string of the molecule is CC(C)C1CN(NI)CCC(C)(NI)C1. The minimum atomic E-state index is 0.289. The average molecular weight is 437 g/mol. The average Bonchev–Trinajstić information content (AvgIpc) is 2.38. The number of hydrogen-bond acceptors (Lipinski definition) is 3. The monoisotopic (exact) mass is 437 g/mol. The van der Waals surface area contributed by atoms with Crippen LogP contribution in [0.4, 0.5) is 0 Å². The first kappa shape index (κ1) is 14.4. The molecular formula is C10H21I2N3. The molecule has 0 aromatic heterocycles. The van der Waals surface area contributed by atoms with E-state index in [0.717, 1.165) is 24.9 Å². The molecule has 1 saturated heterocycles. The van der Waals surface area contributed by atoms with Gasteiger partial charge in [-0.1, -0.05) is 13.8 Å². The van der Waals surface area contributed by atoms with Crippen molar-refractivity contribution < 1.29 is 0 Å². The van der Waals surface area contributed by atoms with Crippen molar-refractivity contribution in [2.24, 2.45) is 11.8 Å². The maximum atomic E-state index is 3.46. The Labute approximate surface area is 121 Å². The topological polar surface area (TPSA) is 27.3 Å². The Balaban J connectivity index is 2.70. The molecule has 2 N–H and O–H groups in total. The van der Waals surface area contributed by atoms with E-state index < -0.39 is 0 Å². The van der Waals surface area contributed by atoms with Gasteiger partial charge in [-0.15, -0.1) is 0 Å². The molecule has 0 aromatic rings. The molecule has 2 atom stereocenters. The van der Waals surface area contributed by atoms with Gasteiger partial charge in [0.2, 0.25) is 0 Å². The Morgan fingerprint density at radius 3 is 2.53 bits per heavy atom. The maximum absolute atomic E-state index is 3.46. The van der Waals surface area contributed by atoms with Crippen LogP contribution < -0.4 is 7.17 Å². The molecule has 0 bridgehead atoms. The molecule has 90 valence electrons. The fraction of sp³-hybridized carbons (Fsp3) is 1.00. The van der Waals surface area contributed by atoms with Crippen LogP contribution >= 0.6 is 45.7 Å². The van der Waals surface area contributed by atoms with E-state index in [1.54, 1.807) is 0 Å². The zero-order valence-electron chi connectivity index (χ0n) is 9.69. The summed E-state index contributed by atoms with van der Waals surface area (Å²) in [5.74, 6) is 1.52. The van der Waals surface area contributed by atoms with Crippen molar-refractivity contribution in [3.8, 4) is 0 Å². The fourth-order valence-electron chi connectivity index (χ4n) is 2.11. The molecule has 15 heavy (non-hydrogen) atoms. The molecule has 3 nitrogen and oxygen atoms in total. The lowest BCUT2D eigenvalue weighted by Gasteiger charge is -2.30. The van der Waals surface area contributed by atoms with E-state index in [2.05, 4.69) is 78.7 Å². The van der Waals surface area contributed by atoms with Crippen LogP contribution in [0.2, 0.25) is 0 Å². The van der Waals surface area contributed by atoms with Crippen molar-refractivity contribution in [2.75, 3.05) is 13.1 Å². The van der Waals surface area contributed by atoms with E-state index in [1.165, 1.54) is 12.8 Å². The molecule has 0 spiro atoms. The van der Waals surface area contributed by atoms with E-state index in [-0.39, 0.29) is 5.54 Å². The lowest BCUT2D eigenvalue weighted by molar-refractivity contribution is 0.206. The van der Waals surface area contributed by atoms with Gasteiger partial charge in [-0.2, -0.15) is 3.64 Å². The first-order chi connectivity index (χ1) is 7.00. The highest BCUT2D eigenvalue weighted by atomic mass is 127. The molecule has 0 radical (unpaired) electrons. The highest BCUT2D eigenvalue weighted by molar-refractivity contribution is 14.1. The van der Waals surface area contributed by atoms with Crippen molar-refractivity contribution in [1.29, 1.82) is 0 Å². The quantitative estimate of drug-likeness (QED) is 0.526. The van der Waals surface area contributed by atoms with E-state index >= 15 is 0 Å². The summed E-state index contributed by atoms with van der Waals surface area (Å²) in [6.45, 7) is 9.28. The second-order valence-corrected chi connectivity index (χ2v) is 6.17. The lowest BCUT2D eigenvalue weighted by atomic mass is 9.83. The number of hydrogen-bond donors (Lipinski definition) is 2. The normalized spacial score (nSPS) is 34.4. The number of rotatable bonds is 3. The molecule has 1 rings (SSSR count). The highest BCUT2D eigenvalue weighted by Crippen LogP contribution is 2.30. The Hall–Kier alpha value is 1.34. The molecule has 1 aliphatic heterocycles. The maximum Gasteiger partial charge on any atom is 0.0336 e. The third-order valence-corrected chi connectivity index (χ3v) is 5.38. The van der Waals surface area contributed by atoms with Gasteiger partial charge in [0, 0.05) is 64.4 Å². The molecule has 0 saturated carbocycles. The molecule has 1 heterocycles. The van der Waals surface area contributed by atoms with E-state index in [1.807, 2.05) is 0 Å². The van der Waals surface area contributed by atoms with Gasteiger partial charge in [0.05, 0.1) is 0 Å². The van der Waals surface area contributed by atoms with Gasteiger partial charge >= 0.3 is 0 Å². The van der Waals surface area contributed by atoms with E-state index in [0.29, 0.717) is 0 Å². The third kappa shape index (κ3) is 4.25. The van der Waals surface area contributed by atoms with Gasteiger partial charge in [-0.3, -0.25) is 3.53 Å². The number of nitrogens with zero attached hydrogens (tertiary/aromatic N) is 1. The number of nitrogens with one attached hydrogen (secondary N) is 2. The standard InChI is InChI=1S/C10H21I2N3/c1-8(2)9-6-10(3,13-11)4-5-15(7-9)14-12/h8-9,13-14H,4-7H2,1-3H3. The fourth-order valence-corrected chi connectivity index (χ4v) is 3.04. The second kappa shape index (κ2) is 6.32. The minimum Gasteiger partial charge on any atom is -0.255 e. The van der Waals surface area contributed by atoms with Crippen LogP contribution in [-0.2, 0) is 0 Å². The Morgan fingerprint density at radius 1 is 1.40 bits per heavy atom. The van der Waals surface area contributed by atoms with Crippen molar-refractivity contribution in [2.45, 2.75) is 39.2 Å². The predicted molar refractivity (Wildman–Crippen MR) is 81.9 cm³/mol. The summed E-state index contributed by atoms with van der Waals surface area (Å²) in [5.41, 5.74) is 0.289. The third-order valence-electron chi connectivity index (χ3n) is 3.39. The van der Waals surface area contributed by atoms with Crippen molar-refractivity contribution >= 4 is 45.7 Å². The Kier molecular flexibility index (Phi) is 6.07. The molecule has 0 amide bonds. The molecule has 0 aliphatic carbocycles. The van der Waals surface area contributed by atoms with Crippen molar-refractivity contribution in [3.63, 3.8) is 0 Å². The van der Waals surface area contributed by atoms with Gasteiger partial charge in [0.25, 0.3) is 0 Å². The minimum absolute atomic E-state index is 0.289. The molecule has 2 unspecified atom stereocenters. The van der Waals surface area contributed by atoms with Crippen LogP contribution in [0.5, 0.6) is 0 Å². The smallest absolute Gasteiger partial charge is 0.0336 e. The van der Waals surface area contributed by atoms with Crippen LogP contribution in [0.1, 0.15) is 33.6 Å². The number of hydrazine groups is 1. The van der Waals surface area contributed by atoms with Gasteiger partial charge in [0.15, 0.2) is 0 Å². The highest BCUT2D eigenvalue weighted by Gasteiger charge is 2.33. The Bertz CT molecular complexity index is 201. The van der Waals surface area contributed by atoms with Crippen LogP contribution in [0.25, 0.3) is 0 Å². The summed E-state index contributed by atoms with van der Waals surface area (Å²) >= 11 is 4.54. The molecule has 0 aromatic carbocycles. The summed E-state index contributed by atoms with van der Waals surface area (Å²) < 4.78 is 6.73. The predicted octanol–water partition coefficient (Wildman–Crippen LogP) is 2.91. The summed E-state index contributed by atoms with van der Waals surface area (Å²) in [4.78, 5) is 0. The van der Waals surface area contributed by atoms with Gasteiger partial charge < -0.3 is 0 Å². The Morgan fingerprint density at radius 2 is 2.07 bits per heavy atom. The van der Waals surface area contributed by atoms with Crippen LogP contribution in [0.3, 0.4) is 0 Å². The van der Waals surface area contributed by atoms with Crippen LogP contribution in [0.15, 0.2) is 0 Å². The second-order valence-electron chi connectivity index (χ2n) is 5.14. The summed E-state index contributed by atoms with van der Waals surface area (Å²) in [7, 11) is 0. The first-order valence-electron chi connectivity index (χ1n) is 5.50. The zero-order valence-corrected chi connectivity index (χ0v) is 14.0. The van der Waals surface area contributed by atoms with Gasteiger partial charge in [-0.25, -0.2) is 5.01 Å². The van der Waals surface area contributed by atoms with E-state index in [9.17, 15) is 0 Å². The van der Waals surface area contributed by atoms with Crippen molar-refractivity contribution in [3.05, 3.63) is 0 Å². The summed E-state index contributed by atoms with van der Waals surface area (Å²) in [6.07, 6.45) is 2.47. The molecular weight excluding hydrogens is 416 g/mol. The molecule has 5 heteroatoms. The van der Waals surface area contributed by atoms with Crippen LogP contribution in [0, 0.1) is 11.8 Å². The summed E-state index contributed by atoms with van der Waals surface area (Å²) in [6, 6.07) is 0. The first-order valence-corrected chi connectivity index (χ1v) is 7.65. The van der Waals surface area contributed by atoms with Gasteiger partial charge in [-0.05, 0) is 31.6 Å². The van der Waals surface area contributed by atoms with Crippen LogP contribution in [-0.4, -0.2) is 23.6 Å². The number of halogens is 2. The molecule has 1 aliphatic rings. The largest absolute Gasteiger partial charge is 0.255 e. The zero-order chi connectivity index (χ0) is 11.5. The molecule has 1 fully saturated rings. The van der Waals surface area contributed by atoms with Crippen molar-refractivity contribution in [1.82, 2.24) is 12.2 Å². The van der Waals surface area contributed by atoms with Gasteiger partial charge in [0.1, 0.15) is 0 Å². The van der Waals surface area contributed by atoms with E-state index in [4.69, 9.17) is 0 Å². The lowest BCUT2D eigenvalue weighted by Crippen LogP contribution is -2.38.